The summed E-state index contributed by atoms with van der Waals surface area (Å²) in [6.07, 6.45) is 3.94. The molecule has 1 saturated heterocycles. The Labute approximate surface area is 165 Å². The molecular formula is C19H28N4O3S. The molecule has 27 heavy (non-hydrogen) atoms. The molecule has 0 aromatic carbocycles. The second-order valence-corrected chi connectivity index (χ2v) is 9.44. The third kappa shape index (κ3) is 3.58. The summed E-state index contributed by atoms with van der Waals surface area (Å²) >= 11 is 4.58. The van der Waals surface area contributed by atoms with Gasteiger partial charge in [-0.15, -0.1) is 0 Å². The number of hydrogen-bond donors (Lipinski definition) is 4. The van der Waals surface area contributed by atoms with Gasteiger partial charge in [0.15, 0.2) is 5.54 Å². The van der Waals surface area contributed by atoms with Gasteiger partial charge in [0, 0.05) is 34.7 Å². The summed E-state index contributed by atoms with van der Waals surface area (Å²) in [7, 11) is 0. The van der Waals surface area contributed by atoms with Crippen LogP contribution in [0.4, 0.5) is 4.79 Å². The number of thiol groups is 1. The number of nitrogens with one attached hydrogen (secondary N) is 3. The highest BCUT2D eigenvalue weighted by molar-refractivity contribution is 7.81. The van der Waals surface area contributed by atoms with Crippen LogP contribution in [0, 0.1) is 5.92 Å². The van der Waals surface area contributed by atoms with Crippen molar-refractivity contribution in [3.05, 3.63) is 29.6 Å². The third-order valence-corrected chi connectivity index (χ3v) is 6.43. The zero-order chi connectivity index (χ0) is 19.9. The van der Waals surface area contributed by atoms with E-state index in [0.717, 1.165) is 24.1 Å². The molecule has 2 atom stereocenters. The van der Waals surface area contributed by atoms with Crippen LogP contribution >= 0.6 is 12.6 Å². The van der Waals surface area contributed by atoms with Gasteiger partial charge in [0.05, 0.1) is 5.60 Å². The highest BCUT2D eigenvalue weighted by atomic mass is 32.1. The molecule has 7 nitrogen and oxygen atoms in total. The Morgan fingerprint density at radius 2 is 2.11 bits per heavy atom. The zero-order valence-corrected chi connectivity index (χ0v) is 17.2. The quantitative estimate of drug-likeness (QED) is 0.247. The standard InChI is InChI=1S/C19H28N4O3S/c1-17(2,18(3,4)27)26-21-10-5-7-12-11-14-13(8-6-9-20-14)19(12)15(24)22-16(25)23-19/h6,8-9,12,21,27H,5,7,10-11H2,1-4H3,(H2,22,23,24,25). The lowest BCUT2D eigenvalue weighted by Crippen LogP contribution is -2.48. The van der Waals surface area contributed by atoms with Crippen molar-refractivity contribution in [2.45, 2.75) is 62.8 Å². The molecular weight excluding hydrogens is 364 g/mol. The van der Waals surface area contributed by atoms with Crippen molar-refractivity contribution in [2.75, 3.05) is 6.54 Å². The Morgan fingerprint density at radius 1 is 1.37 bits per heavy atom. The number of pyridine rings is 1. The highest BCUT2D eigenvalue weighted by Crippen LogP contribution is 2.44. The summed E-state index contributed by atoms with van der Waals surface area (Å²) in [4.78, 5) is 34.7. The van der Waals surface area contributed by atoms with Gasteiger partial charge in [-0.1, -0.05) is 6.07 Å². The van der Waals surface area contributed by atoms with Crippen LogP contribution in [-0.4, -0.2) is 33.8 Å². The average Bonchev–Trinajstić information content (AvgIpc) is 3.04. The van der Waals surface area contributed by atoms with Crippen LogP contribution in [0.1, 0.15) is 51.8 Å². The fraction of sp³-hybridized carbons (Fsp3) is 0.632. The second kappa shape index (κ2) is 7.07. The number of nitrogens with zero attached hydrogens (tertiary/aromatic N) is 1. The smallest absolute Gasteiger partial charge is 0.319 e. The fourth-order valence-electron chi connectivity index (χ4n) is 3.61. The van der Waals surface area contributed by atoms with E-state index in [0.29, 0.717) is 13.0 Å². The van der Waals surface area contributed by atoms with Crippen LogP contribution in [0.15, 0.2) is 18.3 Å². The molecule has 3 rings (SSSR count). The number of fused-ring (bicyclic) bond motifs is 2. The normalized spacial score (nSPS) is 24.9. The number of rotatable bonds is 7. The first-order chi connectivity index (χ1) is 12.6. The second-order valence-electron chi connectivity index (χ2n) is 8.32. The molecule has 2 heterocycles. The zero-order valence-electron chi connectivity index (χ0n) is 16.3. The average molecular weight is 393 g/mol. The van der Waals surface area contributed by atoms with Crippen molar-refractivity contribution in [1.82, 2.24) is 21.1 Å². The molecule has 0 bridgehead atoms. The molecule has 1 fully saturated rings. The lowest BCUT2D eigenvalue weighted by atomic mass is 9.81. The van der Waals surface area contributed by atoms with Crippen LogP contribution in [0.2, 0.25) is 0 Å². The molecule has 2 aliphatic rings. The molecule has 2 unspecified atom stereocenters. The highest BCUT2D eigenvalue weighted by Gasteiger charge is 2.57. The van der Waals surface area contributed by atoms with E-state index in [1.54, 1.807) is 12.3 Å². The Balaban J connectivity index is 1.62. The predicted molar refractivity (Wildman–Crippen MR) is 105 cm³/mol. The summed E-state index contributed by atoms with van der Waals surface area (Å²) in [6, 6.07) is 3.24. The van der Waals surface area contributed by atoms with Crippen molar-refractivity contribution in [3.8, 4) is 0 Å². The topological polar surface area (TPSA) is 92.3 Å². The number of hydrogen-bond acceptors (Lipinski definition) is 6. The van der Waals surface area contributed by atoms with E-state index in [4.69, 9.17) is 4.84 Å². The van der Waals surface area contributed by atoms with E-state index >= 15 is 0 Å². The van der Waals surface area contributed by atoms with Crippen molar-refractivity contribution in [3.63, 3.8) is 0 Å². The Bertz CT molecular complexity index is 747. The first-order valence-corrected chi connectivity index (χ1v) is 9.74. The third-order valence-electron chi connectivity index (χ3n) is 5.90. The van der Waals surface area contributed by atoms with Crippen LogP contribution < -0.4 is 16.1 Å². The summed E-state index contributed by atoms with van der Waals surface area (Å²) in [5.41, 5.74) is 3.26. The van der Waals surface area contributed by atoms with E-state index in [2.05, 4.69) is 33.7 Å². The molecule has 3 amide bonds. The monoisotopic (exact) mass is 392 g/mol. The summed E-state index contributed by atoms with van der Waals surface area (Å²) in [5, 5.41) is 5.26. The van der Waals surface area contributed by atoms with Gasteiger partial charge in [0.1, 0.15) is 0 Å². The molecule has 1 aromatic heterocycles. The van der Waals surface area contributed by atoms with Crippen molar-refractivity contribution >= 4 is 24.6 Å². The molecule has 148 valence electrons. The molecule has 3 N–H and O–H groups in total. The maximum atomic E-state index is 12.6. The molecule has 8 heteroatoms. The van der Waals surface area contributed by atoms with Gasteiger partial charge < -0.3 is 5.32 Å². The van der Waals surface area contributed by atoms with Gasteiger partial charge in [0.2, 0.25) is 0 Å². The van der Waals surface area contributed by atoms with Crippen LogP contribution in [0.5, 0.6) is 0 Å². The number of imide groups is 1. The van der Waals surface area contributed by atoms with Gasteiger partial charge >= 0.3 is 6.03 Å². The minimum absolute atomic E-state index is 0.0371. The van der Waals surface area contributed by atoms with Crippen LogP contribution in [-0.2, 0) is 21.6 Å². The summed E-state index contributed by atoms with van der Waals surface area (Å²) in [6.45, 7) is 8.62. The van der Waals surface area contributed by atoms with Crippen LogP contribution in [0.25, 0.3) is 0 Å². The summed E-state index contributed by atoms with van der Waals surface area (Å²) < 4.78 is -0.297. The van der Waals surface area contributed by atoms with E-state index in [9.17, 15) is 9.59 Å². The van der Waals surface area contributed by atoms with Gasteiger partial charge in [-0.05, 0) is 53.0 Å². The minimum atomic E-state index is -1.01. The van der Waals surface area contributed by atoms with Crippen molar-refractivity contribution in [2.24, 2.45) is 5.92 Å². The SMILES string of the molecule is CC(C)(S)C(C)(C)ONCCCC1Cc2ncccc2C12NC(=O)NC2=O. The minimum Gasteiger partial charge on any atom is -0.319 e. The maximum absolute atomic E-state index is 12.6. The molecule has 1 aromatic rings. The van der Waals surface area contributed by atoms with Gasteiger partial charge in [-0.2, -0.15) is 12.6 Å². The number of carbonyl (C=O) groups excluding carboxylic acids is 2. The van der Waals surface area contributed by atoms with E-state index < -0.39 is 17.2 Å². The molecule has 0 saturated carbocycles. The lowest BCUT2D eigenvalue weighted by molar-refractivity contribution is -0.126. The van der Waals surface area contributed by atoms with Gasteiger partial charge in [-0.25, -0.2) is 10.3 Å². The Morgan fingerprint density at radius 3 is 2.74 bits per heavy atom. The van der Waals surface area contributed by atoms with Gasteiger partial charge in [-0.3, -0.25) is 19.9 Å². The fourth-order valence-corrected chi connectivity index (χ4v) is 3.65. The number of hydroxylamine groups is 1. The largest absolute Gasteiger partial charge is 0.322 e. The van der Waals surface area contributed by atoms with Gasteiger partial charge in [0.25, 0.3) is 5.91 Å². The van der Waals surface area contributed by atoms with Crippen LogP contribution in [0.3, 0.4) is 0 Å². The summed E-state index contributed by atoms with van der Waals surface area (Å²) in [5.74, 6) is -0.323. The molecule has 1 aliphatic carbocycles. The number of urea groups is 1. The number of carbonyl (C=O) groups is 2. The van der Waals surface area contributed by atoms with Crippen molar-refractivity contribution in [1.29, 1.82) is 0 Å². The first kappa shape index (κ1) is 20.1. The van der Waals surface area contributed by atoms with E-state index in [-0.39, 0.29) is 16.6 Å². The Hall–Kier alpha value is -1.64. The molecule has 1 aliphatic heterocycles. The maximum Gasteiger partial charge on any atom is 0.322 e. The molecule has 1 spiro atoms. The molecule has 0 radical (unpaired) electrons. The number of aromatic nitrogens is 1. The van der Waals surface area contributed by atoms with E-state index in [1.165, 1.54) is 0 Å². The first-order valence-electron chi connectivity index (χ1n) is 9.29. The van der Waals surface area contributed by atoms with Crippen molar-refractivity contribution < 1.29 is 14.4 Å². The predicted octanol–water partition coefficient (Wildman–Crippen LogP) is 2.08. The van der Waals surface area contributed by atoms with E-state index in [1.807, 2.05) is 33.8 Å². The number of amides is 3. The Kier molecular flexibility index (Phi) is 5.26. The lowest BCUT2D eigenvalue weighted by Gasteiger charge is -2.37.